The molecular weight excluding hydrogens is 216 g/mol. The monoisotopic (exact) mass is 242 g/mol. The van der Waals surface area contributed by atoms with Crippen molar-refractivity contribution in [3.63, 3.8) is 0 Å². The van der Waals surface area contributed by atoms with Crippen LogP contribution in [-0.4, -0.2) is 37.2 Å². The van der Waals surface area contributed by atoms with Crippen LogP contribution in [0.4, 0.5) is 0 Å². The van der Waals surface area contributed by atoms with E-state index in [4.69, 9.17) is 4.74 Å². The van der Waals surface area contributed by atoms with Crippen molar-refractivity contribution in [2.24, 2.45) is 0 Å². The highest BCUT2D eigenvalue weighted by Gasteiger charge is 2.33. The van der Waals surface area contributed by atoms with Gasteiger partial charge < -0.3 is 15.4 Å². The van der Waals surface area contributed by atoms with E-state index in [2.05, 4.69) is 24.5 Å². The van der Waals surface area contributed by atoms with Crippen LogP contribution in [0.3, 0.4) is 0 Å². The standard InChI is InChI=1S/C13H26N2O2/c1-4-13(5-2)10-12(6-9-17-13)15-8-7-14-11(3)16/h12,15H,4-10H2,1-3H3,(H,14,16). The first-order valence-corrected chi connectivity index (χ1v) is 6.73. The maximum absolute atomic E-state index is 10.7. The summed E-state index contributed by atoms with van der Waals surface area (Å²) >= 11 is 0. The molecule has 1 unspecified atom stereocenters. The second-order valence-corrected chi connectivity index (χ2v) is 4.87. The summed E-state index contributed by atoms with van der Waals surface area (Å²) in [5.74, 6) is 0.0373. The fourth-order valence-corrected chi connectivity index (χ4v) is 2.46. The molecule has 0 aromatic carbocycles. The SMILES string of the molecule is CCC1(CC)CC(NCCNC(C)=O)CCO1. The number of ether oxygens (including phenoxy) is 1. The first-order chi connectivity index (χ1) is 8.12. The van der Waals surface area contributed by atoms with Crippen molar-refractivity contribution in [3.8, 4) is 0 Å². The Bertz CT molecular complexity index is 240. The van der Waals surface area contributed by atoms with Gasteiger partial charge in [0.1, 0.15) is 0 Å². The minimum atomic E-state index is 0.0373. The van der Waals surface area contributed by atoms with Gasteiger partial charge in [-0.15, -0.1) is 0 Å². The smallest absolute Gasteiger partial charge is 0.216 e. The van der Waals surface area contributed by atoms with Crippen molar-refractivity contribution >= 4 is 5.91 Å². The third-order valence-electron chi connectivity index (χ3n) is 3.71. The maximum atomic E-state index is 10.7. The van der Waals surface area contributed by atoms with E-state index in [-0.39, 0.29) is 11.5 Å². The molecule has 1 rings (SSSR count). The lowest BCUT2D eigenvalue weighted by atomic mass is 9.86. The van der Waals surface area contributed by atoms with E-state index in [0.717, 1.165) is 38.8 Å². The molecule has 1 saturated heterocycles. The second-order valence-electron chi connectivity index (χ2n) is 4.87. The molecule has 0 aliphatic carbocycles. The Labute approximate surface area is 104 Å². The van der Waals surface area contributed by atoms with Gasteiger partial charge in [-0.25, -0.2) is 0 Å². The van der Waals surface area contributed by atoms with Gasteiger partial charge in [-0.05, 0) is 25.7 Å². The molecule has 0 saturated carbocycles. The van der Waals surface area contributed by atoms with Gasteiger partial charge in [-0.3, -0.25) is 4.79 Å². The van der Waals surface area contributed by atoms with Gasteiger partial charge >= 0.3 is 0 Å². The third-order valence-corrected chi connectivity index (χ3v) is 3.71. The van der Waals surface area contributed by atoms with E-state index in [9.17, 15) is 4.79 Å². The van der Waals surface area contributed by atoms with Crippen LogP contribution in [0.1, 0.15) is 46.5 Å². The summed E-state index contributed by atoms with van der Waals surface area (Å²) in [5.41, 5.74) is 0.0733. The Hall–Kier alpha value is -0.610. The first kappa shape index (κ1) is 14.5. The molecule has 0 radical (unpaired) electrons. The molecule has 2 N–H and O–H groups in total. The van der Waals surface area contributed by atoms with Crippen molar-refractivity contribution in [3.05, 3.63) is 0 Å². The van der Waals surface area contributed by atoms with E-state index < -0.39 is 0 Å². The van der Waals surface area contributed by atoms with Crippen molar-refractivity contribution in [1.82, 2.24) is 10.6 Å². The van der Waals surface area contributed by atoms with E-state index in [1.807, 2.05) is 0 Å². The number of hydrogen-bond donors (Lipinski definition) is 2. The third kappa shape index (κ3) is 4.64. The van der Waals surface area contributed by atoms with Crippen molar-refractivity contribution in [2.45, 2.75) is 58.1 Å². The van der Waals surface area contributed by atoms with Crippen LogP contribution in [0.15, 0.2) is 0 Å². The summed E-state index contributed by atoms with van der Waals surface area (Å²) in [6.45, 7) is 8.34. The Balaban J connectivity index is 2.27. The predicted octanol–water partition coefficient (Wildman–Crippen LogP) is 1.45. The summed E-state index contributed by atoms with van der Waals surface area (Å²) in [6, 6.07) is 0.525. The quantitative estimate of drug-likeness (QED) is 0.693. The van der Waals surface area contributed by atoms with Crippen LogP contribution in [-0.2, 0) is 9.53 Å². The van der Waals surface area contributed by atoms with Crippen LogP contribution < -0.4 is 10.6 Å². The van der Waals surface area contributed by atoms with Gasteiger partial charge in [0.2, 0.25) is 5.91 Å². The average Bonchev–Trinajstić information content (AvgIpc) is 2.34. The Morgan fingerprint density at radius 2 is 2.06 bits per heavy atom. The predicted molar refractivity (Wildman–Crippen MR) is 69.0 cm³/mol. The molecule has 1 fully saturated rings. The minimum Gasteiger partial charge on any atom is -0.375 e. The van der Waals surface area contributed by atoms with Gasteiger partial charge in [0.15, 0.2) is 0 Å². The van der Waals surface area contributed by atoms with Gasteiger partial charge in [0.25, 0.3) is 0 Å². The Kier molecular flexibility index (Phi) is 5.92. The lowest BCUT2D eigenvalue weighted by Crippen LogP contribution is -2.47. The van der Waals surface area contributed by atoms with Crippen LogP contribution in [0.2, 0.25) is 0 Å². The van der Waals surface area contributed by atoms with Gasteiger partial charge in [-0.2, -0.15) is 0 Å². The largest absolute Gasteiger partial charge is 0.375 e. The topological polar surface area (TPSA) is 50.4 Å². The van der Waals surface area contributed by atoms with E-state index in [1.54, 1.807) is 6.92 Å². The zero-order valence-electron chi connectivity index (χ0n) is 11.3. The summed E-state index contributed by atoms with van der Waals surface area (Å²) in [7, 11) is 0. The first-order valence-electron chi connectivity index (χ1n) is 6.73. The number of rotatable bonds is 6. The molecule has 1 aliphatic heterocycles. The van der Waals surface area contributed by atoms with Gasteiger partial charge in [0.05, 0.1) is 5.60 Å². The minimum absolute atomic E-state index is 0.0373. The Morgan fingerprint density at radius 3 is 2.65 bits per heavy atom. The van der Waals surface area contributed by atoms with Crippen molar-refractivity contribution in [2.75, 3.05) is 19.7 Å². The highest BCUT2D eigenvalue weighted by Crippen LogP contribution is 2.31. The number of hydrogen-bond acceptors (Lipinski definition) is 3. The van der Waals surface area contributed by atoms with Crippen LogP contribution in [0, 0.1) is 0 Å². The summed E-state index contributed by atoms with van der Waals surface area (Å²) < 4.78 is 5.93. The molecule has 100 valence electrons. The molecule has 17 heavy (non-hydrogen) atoms. The van der Waals surface area contributed by atoms with Gasteiger partial charge in [-0.1, -0.05) is 13.8 Å². The summed E-state index contributed by atoms with van der Waals surface area (Å²) in [4.78, 5) is 10.7. The van der Waals surface area contributed by atoms with Crippen LogP contribution in [0.5, 0.6) is 0 Å². The summed E-state index contributed by atoms with van der Waals surface area (Å²) in [6.07, 6.45) is 4.31. The highest BCUT2D eigenvalue weighted by molar-refractivity contribution is 5.72. The molecule has 4 heteroatoms. The molecule has 1 aliphatic rings. The summed E-state index contributed by atoms with van der Waals surface area (Å²) in [5, 5.41) is 6.31. The molecule has 1 amide bonds. The van der Waals surface area contributed by atoms with Crippen LogP contribution in [0.25, 0.3) is 0 Å². The molecule has 0 spiro atoms. The molecule has 0 bridgehead atoms. The highest BCUT2D eigenvalue weighted by atomic mass is 16.5. The molecule has 1 heterocycles. The fraction of sp³-hybridized carbons (Fsp3) is 0.923. The lowest BCUT2D eigenvalue weighted by molar-refractivity contribution is -0.119. The van der Waals surface area contributed by atoms with Crippen LogP contribution >= 0.6 is 0 Å². The number of amides is 1. The molecule has 1 atom stereocenters. The van der Waals surface area contributed by atoms with E-state index >= 15 is 0 Å². The molecule has 0 aromatic heterocycles. The zero-order chi connectivity index (χ0) is 12.7. The fourth-order valence-electron chi connectivity index (χ4n) is 2.46. The van der Waals surface area contributed by atoms with Gasteiger partial charge in [0, 0.05) is 32.7 Å². The van der Waals surface area contributed by atoms with Crippen molar-refractivity contribution in [1.29, 1.82) is 0 Å². The molecular formula is C13H26N2O2. The molecule has 0 aromatic rings. The maximum Gasteiger partial charge on any atom is 0.216 e. The van der Waals surface area contributed by atoms with Crippen molar-refractivity contribution < 1.29 is 9.53 Å². The lowest BCUT2D eigenvalue weighted by Gasteiger charge is -2.40. The Morgan fingerprint density at radius 1 is 1.35 bits per heavy atom. The van der Waals surface area contributed by atoms with E-state index in [0.29, 0.717) is 12.6 Å². The number of nitrogens with one attached hydrogen (secondary N) is 2. The number of carbonyl (C=O) groups is 1. The van der Waals surface area contributed by atoms with E-state index in [1.165, 1.54) is 0 Å². The normalized spacial score (nSPS) is 23.4. The second kappa shape index (κ2) is 6.97. The number of carbonyl (C=O) groups excluding carboxylic acids is 1. The average molecular weight is 242 g/mol. The zero-order valence-corrected chi connectivity index (χ0v) is 11.3. The molecule has 4 nitrogen and oxygen atoms in total.